The summed E-state index contributed by atoms with van der Waals surface area (Å²) >= 11 is 3.53. The molecule has 1 aliphatic heterocycles. The number of amides is 1. The molecule has 0 saturated carbocycles. The van der Waals surface area contributed by atoms with Crippen molar-refractivity contribution >= 4 is 32.8 Å². The third kappa shape index (κ3) is 4.03. The number of rotatable bonds is 5. The first-order valence-electron chi connectivity index (χ1n) is 10.3. The van der Waals surface area contributed by atoms with Crippen LogP contribution in [0.3, 0.4) is 0 Å². The maximum Gasteiger partial charge on any atom is 0.224 e. The van der Waals surface area contributed by atoms with E-state index in [9.17, 15) is 9.18 Å². The van der Waals surface area contributed by atoms with E-state index < -0.39 is 0 Å². The van der Waals surface area contributed by atoms with Gasteiger partial charge >= 0.3 is 0 Å². The lowest BCUT2D eigenvalue weighted by Gasteiger charge is -2.44. The summed E-state index contributed by atoms with van der Waals surface area (Å²) in [6.07, 6.45) is 3.39. The molecule has 1 atom stereocenters. The molecular formula is C24H26BrFN2O2. The Morgan fingerprint density at radius 3 is 2.63 bits per heavy atom. The molecule has 4 nitrogen and oxygen atoms in total. The van der Waals surface area contributed by atoms with Gasteiger partial charge in [0.25, 0.3) is 0 Å². The van der Waals surface area contributed by atoms with Crippen molar-refractivity contribution < 1.29 is 13.6 Å². The summed E-state index contributed by atoms with van der Waals surface area (Å²) in [5.74, 6) is -0.490. The fraction of sp³-hybridized carbons (Fsp3) is 0.375. The largest absolute Gasteiger partial charge is 0.464 e. The van der Waals surface area contributed by atoms with Crippen LogP contribution in [0.25, 0.3) is 11.0 Å². The Hall–Kier alpha value is -2.18. The van der Waals surface area contributed by atoms with Gasteiger partial charge in [-0.25, -0.2) is 4.39 Å². The van der Waals surface area contributed by atoms with Crippen molar-refractivity contribution in [3.8, 4) is 0 Å². The topological polar surface area (TPSA) is 45.5 Å². The molecule has 0 radical (unpaired) electrons. The number of halogens is 2. The van der Waals surface area contributed by atoms with Crippen LogP contribution < -0.4 is 5.32 Å². The highest BCUT2D eigenvalue weighted by Gasteiger charge is 2.43. The SMILES string of the molecule is CC(C(=O)NCc1cc(Br)cc2ccoc12)C1(c2ccc(F)cc2)CCN(C)CC1. The summed E-state index contributed by atoms with van der Waals surface area (Å²) in [6.45, 7) is 4.21. The molecule has 3 aromatic rings. The van der Waals surface area contributed by atoms with Gasteiger partial charge in [0.1, 0.15) is 11.4 Å². The van der Waals surface area contributed by atoms with E-state index in [0.717, 1.165) is 52.5 Å². The highest BCUT2D eigenvalue weighted by Crippen LogP contribution is 2.42. The fourth-order valence-electron chi connectivity index (χ4n) is 4.60. The van der Waals surface area contributed by atoms with Gasteiger partial charge in [-0.15, -0.1) is 0 Å². The summed E-state index contributed by atoms with van der Waals surface area (Å²) in [5, 5.41) is 4.11. The molecule has 0 aliphatic carbocycles. The number of nitrogens with one attached hydrogen (secondary N) is 1. The predicted octanol–water partition coefficient (Wildman–Crippen LogP) is 5.25. The Labute approximate surface area is 184 Å². The van der Waals surface area contributed by atoms with E-state index in [1.54, 1.807) is 6.26 Å². The van der Waals surface area contributed by atoms with Crippen LogP contribution >= 0.6 is 15.9 Å². The van der Waals surface area contributed by atoms with E-state index >= 15 is 0 Å². The lowest BCUT2D eigenvalue weighted by atomic mass is 9.64. The van der Waals surface area contributed by atoms with Crippen molar-refractivity contribution in [2.45, 2.75) is 31.7 Å². The van der Waals surface area contributed by atoms with Crippen LogP contribution in [0.1, 0.15) is 30.9 Å². The first-order valence-corrected chi connectivity index (χ1v) is 11.1. The number of carbonyl (C=O) groups is 1. The third-order valence-corrected chi connectivity index (χ3v) is 7.02. The fourth-order valence-corrected chi connectivity index (χ4v) is 5.13. The number of hydrogen-bond acceptors (Lipinski definition) is 3. The van der Waals surface area contributed by atoms with Gasteiger partial charge in [-0.3, -0.25) is 4.79 Å². The quantitative estimate of drug-likeness (QED) is 0.551. The molecule has 1 amide bonds. The maximum absolute atomic E-state index is 13.5. The number of fused-ring (bicyclic) bond motifs is 1. The van der Waals surface area contributed by atoms with Crippen LogP contribution in [0.2, 0.25) is 0 Å². The van der Waals surface area contributed by atoms with Crippen molar-refractivity contribution in [3.63, 3.8) is 0 Å². The van der Waals surface area contributed by atoms with Crippen molar-refractivity contribution in [1.82, 2.24) is 10.2 Å². The normalized spacial score (nSPS) is 17.7. The van der Waals surface area contributed by atoms with E-state index in [0.29, 0.717) is 6.54 Å². The minimum atomic E-state index is -0.304. The van der Waals surface area contributed by atoms with Crippen molar-refractivity contribution in [2.75, 3.05) is 20.1 Å². The molecule has 1 unspecified atom stereocenters. The summed E-state index contributed by atoms with van der Waals surface area (Å²) < 4.78 is 20.1. The van der Waals surface area contributed by atoms with Crippen LogP contribution in [0.4, 0.5) is 4.39 Å². The number of nitrogens with zero attached hydrogens (tertiary/aromatic N) is 1. The van der Waals surface area contributed by atoms with Crippen LogP contribution in [0.15, 0.2) is 57.6 Å². The van der Waals surface area contributed by atoms with Gasteiger partial charge in [0.2, 0.25) is 5.91 Å². The van der Waals surface area contributed by atoms with Crippen LogP contribution in [0, 0.1) is 11.7 Å². The predicted molar refractivity (Wildman–Crippen MR) is 120 cm³/mol. The highest BCUT2D eigenvalue weighted by molar-refractivity contribution is 9.10. The highest BCUT2D eigenvalue weighted by atomic mass is 79.9. The first-order chi connectivity index (χ1) is 14.4. The van der Waals surface area contributed by atoms with E-state index in [2.05, 4.69) is 33.2 Å². The standard InChI is InChI=1S/C24H26BrFN2O2/c1-16(23(29)27-15-18-14-20(25)13-17-7-12-30-22(17)18)24(8-10-28(2)11-9-24)19-3-5-21(26)6-4-19/h3-7,12-14,16H,8-11,15H2,1-2H3,(H,27,29). The van der Waals surface area contributed by atoms with E-state index in [1.807, 2.05) is 37.3 Å². The van der Waals surface area contributed by atoms with Gasteiger partial charge in [0.05, 0.1) is 6.26 Å². The summed E-state index contributed by atoms with van der Waals surface area (Å²) in [5.41, 5.74) is 2.46. The Morgan fingerprint density at radius 1 is 1.23 bits per heavy atom. The van der Waals surface area contributed by atoms with Gasteiger partial charge in [0.15, 0.2) is 0 Å². The molecule has 158 valence electrons. The molecule has 0 bridgehead atoms. The second kappa shape index (κ2) is 8.52. The molecule has 4 rings (SSSR count). The Kier molecular flexibility index (Phi) is 5.98. The smallest absolute Gasteiger partial charge is 0.224 e. The Morgan fingerprint density at radius 2 is 1.93 bits per heavy atom. The molecule has 1 fully saturated rings. The van der Waals surface area contributed by atoms with Gasteiger partial charge < -0.3 is 14.6 Å². The number of piperidine rings is 1. The minimum absolute atomic E-state index is 0.00330. The van der Waals surface area contributed by atoms with Crippen LogP contribution in [0.5, 0.6) is 0 Å². The zero-order valence-corrected chi connectivity index (χ0v) is 18.8. The van der Waals surface area contributed by atoms with Gasteiger partial charge in [0, 0.05) is 33.3 Å². The van der Waals surface area contributed by atoms with Crippen LogP contribution in [-0.4, -0.2) is 30.9 Å². The molecule has 1 N–H and O–H groups in total. The van der Waals surface area contributed by atoms with E-state index in [-0.39, 0.29) is 23.1 Å². The maximum atomic E-state index is 13.5. The molecule has 2 heterocycles. The lowest BCUT2D eigenvalue weighted by molar-refractivity contribution is -0.127. The van der Waals surface area contributed by atoms with Crippen LogP contribution in [-0.2, 0) is 16.8 Å². The van der Waals surface area contributed by atoms with Gasteiger partial charge in [-0.1, -0.05) is 35.0 Å². The second-order valence-corrected chi connectivity index (χ2v) is 9.23. The minimum Gasteiger partial charge on any atom is -0.464 e. The molecule has 1 aliphatic rings. The summed E-state index contributed by atoms with van der Waals surface area (Å²) in [6, 6.07) is 12.5. The summed E-state index contributed by atoms with van der Waals surface area (Å²) in [7, 11) is 2.10. The van der Waals surface area contributed by atoms with E-state index in [4.69, 9.17) is 4.42 Å². The molecule has 1 saturated heterocycles. The number of likely N-dealkylation sites (tertiary alicyclic amines) is 1. The first kappa shape index (κ1) is 21.1. The zero-order chi connectivity index (χ0) is 21.3. The van der Waals surface area contributed by atoms with Crippen molar-refractivity contribution in [3.05, 3.63) is 70.1 Å². The average molecular weight is 473 g/mol. The monoisotopic (exact) mass is 472 g/mol. The molecule has 0 spiro atoms. The number of hydrogen-bond donors (Lipinski definition) is 1. The molecule has 2 aromatic carbocycles. The number of furan rings is 1. The average Bonchev–Trinajstić information content (AvgIpc) is 3.21. The summed E-state index contributed by atoms with van der Waals surface area (Å²) in [4.78, 5) is 15.5. The number of benzene rings is 2. The lowest BCUT2D eigenvalue weighted by Crippen LogP contribution is -2.49. The zero-order valence-electron chi connectivity index (χ0n) is 17.3. The number of carbonyl (C=O) groups excluding carboxylic acids is 1. The molecular weight excluding hydrogens is 447 g/mol. The van der Waals surface area contributed by atoms with Gasteiger partial charge in [-0.05, 0) is 68.9 Å². The van der Waals surface area contributed by atoms with Crippen molar-refractivity contribution in [1.29, 1.82) is 0 Å². The van der Waals surface area contributed by atoms with Crippen molar-refractivity contribution in [2.24, 2.45) is 5.92 Å². The van der Waals surface area contributed by atoms with E-state index in [1.165, 1.54) is 12.1 Å². The molecule has 30 heavy (non-hydrogen) atoms. The Balaban J connectivity index is 1.56. The third-order valence-electron chi connectivity index (χ3n) is 6.57. The van der Waals surface area contributed by atoms with Gasteiger partial charge in [-0.2, -0.15) is 0 Å². The molecule has 6 heteroatoms. The Bertz CT molecular complexity index is 1040. The molecule has 1 aromatic heterocycles. The second-order valence-electron chi connectivity index (χ2n) is 8.31.